The molecular formula is C15H29NO2. The number of carbonyl (C=O) groups excluding carboxylic acids is 1. The molecule has 18 heavy (non-hydrogen) atoms. The summed E-state index contributed by atoms with van der Waals surface area (Å²) >= 11 is 0. The Morgan fingerprint density at radius 3 is 2.44 bits per heavy atom. The maximum atomic E-state index is 12.3. The van der Waals surface area contributed by atoms with Gasteiger partial charge in [0.25, 0.3) is 0 Å². The zero-order valence-electron chi connectivity index (χ0n) is 12.0. The Bertz CT molecular complexity index is 235. The first-order valence-electron chi connectivity index (χ1n) is 7.65. The van der Waals surface area contributed by atoms with Crippen molar-refractivity contribution in [3.8, 4) is 0 Å². The predicted molar refractivity (Wildman–Crippen MR) is 74.4 cm³/mol. The van der Waals surface area contributed by atoms with Gasteiger partial charge in [0.05, 0.1) is 6.10 Å². The van der Waals surface area contributed by atoms with Crippen LogP contribution in [0, 0.1) is 5.92 Å². The van der Waals surface area contributed by atoms with Gasteiger partial charge in [-0.25, -0.2) is 0 Å². The van der Waals surface area contributed by atoms with Gasteiger partial charge in [0, 0.05) is 19.0 Å². The average Bonchev–Trinajstić information content (AvgIpc) is 2.39. The molecule has 3 nitrogen and oxygen atoms in total. The molecule has 0 aromatic heterocycles. The van der Waals surface area contributed by atoms with E-state index in [-0.39, 0.29) is 12.0 Å². The van der Waals surface area contributed by atoms with E-state index in [1.54, 1.807) is 0 Å². The van der Waals surface area contributed by atoms with E-state index in [0.717, 1.165) is 38.8 Å². The summed E-state index contributed by atoms with van der Waals surface area (Å²) in [6, 6.07) is 0. The number of aliphatic hydroxyl groups is 1. The van der Waals surface area contributed by atoms with E-state index in [0.29, 0.717) is 5.91 Å². The minimum atomic E-state index is -0.196. The highest BCUT2D eigenvalue weighted by atomic mass is 16.3. The number of likely N-dealkylation sites (tertiary alicyclic amines) is 1. The molecule has 0 saturated carbocycles. The summed E-state index contributed by atoms with van der Waals surface area (Å²) in [7, 11) is 0. The Morgan fingerprint density at radius 1 is 1.22 bits per heavy atom. The van der Waals surface area contributed by atoms with E-state index in [4.69, 9.17) is 0 Å². The number of hydrogen-bond acceptors (Lipinski definition) is 2. The first-order valence-corrected chi connectivity index (χ1v) is 7.65. The van der Waals surface area contributed by atoms with Gasteiger partial charge >= 0.3 is 0 Å². The van der Waals surface area contributed by atoms with E-state index in [1.807, 2.05) is 4.90 Å². The van der Waals surface area contributed by atoms with Crippen LogP contribution in [-0.4, -0.2) is 35.1 Å². The molecule has 1 heterocycles. The van der Waals surface area contributed by atoms with Gasteiger partial charge in [-0.2, -0.15) is 0 Å². The standard InChI is InChI=1S/C15H29NO2/c1-3-5-6-7-8-13(4-2)15(18)16-11-9-14(17)10-12-16/h13-14,17H,3-12H2,1-2H3. The molecule has 1 aliphatic rings. The van der Waals surface area contributed by atoms with E-state index < -0.39 is 0 Å². The highest BCUT2D eigenvalue weighted by molar-refractivity contribution is 5.78. The summed E-state index contributed by atoms with van der Waals surface area (Å²) < 4.78 is 0. The third-order valence-electron chi connectivity index (χ3n) is 4.02. The van der Waals surface area contributed by atoms with Crippen molar-refractivity contribution >= 4 is 5.91 Å². The number of piperidine rings is 1. The number of unbranched alkanes of at least 4 members (excludes halogenated alkanes) is 3. The summed E-state index contributed by atoms with van der Waals surface area (Å²) in [5.74, 6) is 0.526. The molecule has 0 radical (unpaired) electrons. The quantitative estimate of drug-likeness (QED) is 0.711. The van der Waals surface area contributed by atoms with E-state index in [2.05, 4.69) is 13.8 Å². The van der Waals surface area contributed by atoms with Gasteiger partial charge in [-0.3, -0.25) is 4.79 Å². The Hall–Kier alpha value is -0.570. The minimum absolute atomic E-state index is 0.196. The summed E-state index contributed by atoms with van der Waals surface area (Å²) in [6.45, 7) is 5.81. The lowest BCUT2D eigenvalue weighted by Crippen LogP contribution is -2.43. The number of hydrogen-bond donors (Lipinski definition) is 1. The Labute approximate surface area is 112 Å². The molecular weight excluding hydrogens is 226 g/mol. The molecule has 3 heteroatoms. The second-order valence-corrected chi connectivity index (χ2v) is 5.51. The molecule has 1 rings (SSSR count). The second kappa shape index (κ2) is 8.52. The molecule has 1 amide bonds. The van der Waals surface area contributed by atoms with Crippen molar-refractivity contribution in [1.82, 2.24) is 4.90 Å². The molecule has 1 N–H and O–H groups in total. The van der Waals surface area contributed by atoms with Crippen LogP contribution in [0.15, 0.2) is 0 Å². The number of nitrogens with zero attached hydrogens (tertiary/aromatic N) is 1. The van der Waals surface area contributed by atoms with Crippen molar-refractivity contribution in [1.29, 1.82) is 0 Å². The summed E-state index contributed by atoms with van der Waals surface area (Å²) in [5.41, 5.74) is 0. The van der Waals surface area contributed by atoms with Crippen molar-refractivity contribution in [3.05, 3.63) is 0 Å². The number of aliphatic hydroxyl groups excluding tert-OH is 1. The molecule has 1 saturated heterocycles. The van der Waals surface area contributed by atoms with Gasteiger partial charge < -0.3 is 10.0 Å². The highest BCUT2D eigenvalue weighted by Gasteiger charge is 2.26. The fourth-order valence-corrected chi connectivity index (χ4v) is 2.66. The van der Waals surface area contributed by atoms with Crippen LogP contribution in [-0.2, 0) is 4.79 Å². The van der Waals surface area contributed by atoms with Crippen LogP contribution < -0.4 is 0 Å². The van der Waals surface area contributed by atoms with E-state index in [9.17, 15) is 9.90 Å². The van der Waals surface area contributed by atoms with Crippen LogP contribution >= 0.6 is 0 Å². The highest BCUT2D eigenvalue weighted by Crippen LogP contribution is 2.20. The van der Waals surface area contributed by atoms with E-state index in [1.165, 1.54) is 25.7 Å². The van der Waals surface area contributed by atoms with Crippen molar-refractivity contribution < 1.29 is 9.90 Å². The SMILES string of the molecule is CCCCCCC(CC)C(=O)N1CCC(O)CC1. The zero-order valence-corrected chi connectivity index (χ0v) is 12.0. The van der Waals surface area contributed by atoms with Crippen LogP contribution in [0.1, 0.15) is 65.2 Å². The number of amides is 1. The van der Waals surface area contributed by atoms with Crippen molar-refractivity contribution in [2.24, 2.45) is 5.92 Å². The Kier molecular flexibility index (Phi) is 7.33. The second-order valence-electron chi connectivity index (χ2n) is 5.51. The maximum absolute atomic E-state index is 12.3. The molecule has 1 unspecified atom stereocenters. The van der Waals surface area contributed by atoms with Gasteiger partial charge in [-0.1, -0.05) is 39.5 Å². The van der Waals surface area contributed by atoms with Crippen LogP contribution in [0.4, 0.5) is 0 Å². The zero-order chi connectivity index (χ0) is 13.4. The fourth-order valence-electron chi connectivity index (χ4n) is 2.66. The monoisotopic (exact) mass is 255 g/mol. The van der Waals surface area contributed by atoms with Gasteiger partial charge in [-0.15, -0.1) is 0 Å². The van der Waals surface area contributed by atoms with Crippen LogP contribution in [0.2, 0.25) is 0 Å². The molecule has 1 atom stereocenters. The summed E-state index contributed by atoms with van der Waals surface area (Å²) in [4.78, 5) is 14.3. The topological polar surface area (TPSA) is 40.5 Å². The third-order valence-corrected chi connectivity index (χ3v) is 4.02. The molecule has 1 fully saturated rings. The summed E-state index contributed by atoms with van der Waals surface area (Å²) in [6.07, 6.45) is 8.23. The van der Waals surface area contributed by atoms with Crippen LogP contribution in [0.3, 0.4) is 0 Å². The lowest BCUT2D eigenvalue weighted by Gasteiger charge is -2.32. The minimum Gasteiger partial charge on any atom is -0.393 e. The Morgan fingerprint density at radius 2 is 1.89 bits per heavy atom. The number of carbonyl (C=O) groups is 1. The Balaban J connectivity index is 2.32. The molecule has 0 spiro atoms. The average molecular weight is 255 g/mol. The molecule has 0 aromatic rings. The molecule has 106 valence electrons. The summed E-state index contributed by atoms with van der Waals surface area (Å²) in [5, 5.41) is 9.47. The van der Waals surface area contributed by atoms with Crippen molar-refractivity contribution in [2.45, 2.75) is 71.3 Å². The third kappa shape index (κ3) is 4.97. The fraction of sp³-hybridized carbons (Fsp3) is 0.933. The van der Waals surface area contributed by atoms with Gasteiger partial charge in [0.2, 0.25) is 5.91 Å². The van der Waals surface area contributed by atoms with Crippen LogP contribution in [0.25, 0.3) is 0 Å². The smallest absolute Gasteiger partial charge is 0.225 e. The maximum Gasteiger partial charge on any atom is 0.225 e. The normalized spacial score (nSPS) is 18.9. The van der Waals surface area contributed by atoms with Gasteiger partial charge in [-0.05, 0) is 25.7 Å². The lowest BCUT2D eigenvalue weighted by atomic mass is 9.95. The van der Waals surface area contributed by atoms with Gasteiger partial charge in [0.1, 0.15) is 0 Å². The van der Waals surface area contributed by atoms with E-state index >= 15 is 0 Å². The molecule has 0 aliphatic carbocycles. The van der Waals surface area contributed by atoms with Crippen molar-refractivity contribution in [3.63, 3.8) is 0 Å². The van der Waals surface area contributed by atoms with Crippen LogP contribution in [0.5, 0.6) is 0 Å². The molecule has 0 aromatic carbocycles. The first-order chi connectivity index (χ1) is 8.69. The lowest BCUT2D eigenvalue weighted by molar-refractivity contribution is -0.137. The molecule has 1 aliphatic heterocycles. The van der Waals surface area contributed by atoms with Gasteiger partial charge in [0.15, 0.2) is 0 Å². The largest absolute Gasteiger partial charge is 0.393 e. The first kappa shape index (κ1) is 15.5. The van der Waals surface area contributed by atoms with Crippen molar-refractivity contribution in [2.75, 3.05) is 13.1 Å². The predicted octanol–water partition coefficient (Wildman–Crippen LogP) is 2.97. The number of rotatable bonds is 7. The molecule has 0 bridgehead atoms.